The third kappa shape index (κ3) is 14.5. The third-order valence-electron chi connectivity index (χ3n) is 5.39. The Bertz CT molecular complexity index is 683. The first kappa shape index (κ1) is 29.4. The van der Waals surface area contributed by atoms with Gasteiger partial charge in [-0.3, -0.25) is 9.59 Å². The molecule has 10 heteroatoms. The first-order valence-electron chi connectivity index (χ1n) is 12.3. The van der Waals surface area contributed by atoms with Crippen LogP contribution < -0.4 is 5.32 Å². The average molecular weight is 483 g/mol. The summed E-state index contributed by atoms with van der Waals surface area (Å²) in [7, 11) is 1.37. The van der Waals surface area contributed by atoms with Crippen molar-refractivity contribution in [1.82, 2.24) is 19.8 Å². The zero-order valence-electron chi connectivity index (χ0n) is 21.0. The smallest absolute Gasteiger partial charge is 0.407 e. The molecule has 0 aliphatic carbocycles. The number of ether oxygens (including phenoxy) is 3. The SMILES string of the molecule is CCCC(CC)OC(=O)NCCCCOC(=O)CCN(CCCn1ccnc1)CCC(=O)OC. The molecule has 0 fully saturated rings. The molecule has 1 aromatic rings. The van der Waals surface area contributed by atoms with Gasteiger partial charge in [0.15, 0.2) is 0 Å². The van der Waals surface area contributed by atoms with Crippen molar-refractivity contribution in [3.8, 4) is 0 Å². The van der Waals surface area contributed by atoms with Crippen LogP contribution in [0.5, 0.6) is 0 Å². The molecule has 1 atom stereocenters. The molecule has 0 aliphatic heterocycles. The lowest BCUT2D eigenvalue weighted by Crippen LogP contribution is -2.31. The van der Waals surface area contributed by atoms with Crippen LogP contribution in [-0.4, -0.2) is 78.5 Å². The van der Waals surface area contributed by atoms with Gasteiger partial charge in [-0.25, -0.2) is 9.78 Å². The van der Waals surface area contributed by atoms with Crippen LogP contribution in [-0.2, 0) is 30.3 Å². The second-order valence-electron chi connectivity index (χ2n) is 8.15. The lowest BCUT2D eigenvalue weighted by atomic mass is 10.2. The van der Waals surface area contributed by atoms with Gasteiger partial charge in [-0.1, -0.05) is 20.3 Å². The van der Waals surface area contributed by atoms with Crippen LogP contribution in [0.3, 0.4) is 0 Å². The Morgan fingerprint density at radius 3 is 2.47 bits per heavy atom. The maximum atomic E-state index is 12.1. The third-order valence-corrected chi connectivity index (χ3v) is 5.39. The minimum absolute atomic E-state index is 0.0379. The van der Waals surface area contributed by atoms with Crippen LogP contribution in [0, 0.1) is 0 Å². The highest BCUT2D eigenvalue weighted by atomic mass is 16.6. The molecule has 1 N–H and O–H groups in total. The quantitative estimate of drug-likeness (QED) is 0.182. The molecule has 0 saturated heterocycles. The van der Waals surface area contributed by atoms with Crippen molar-refractivity contribution in [3.05, 3.63) is 18.7 Å². The molecule has 0 bridgehead atoms. The molecule has 10 nitrogen and oxygen atoms in total. The minimum Gasteiger partial charge on any atom is -0.469 e. The fraction of sp³-hybridized carbons (Fsp3) is 0.750. The normalized spacial score (nSPS) is 11.8. The van der Waals surface area contributed by atoms with Gasteiger partial charge in [0.25, 0.3) is 0 Å². The number of imidazole rings is 1. The van der Waals surface area contributed by atoms with Crippen LogP contribution in [0.15, 0.2) is 18.7 Å². The Hall–Kier alpha value is -2.62. The second kappa shape index (κ2) is 18.8. The molecule has 1 amide bonds. The molecule has 1 rings (SSSR count). The zero-order valence-corrected chi connectivity index (χ0v) is 21.0. The lowest BCUT2D eigenvalue weighted by Gasteiger charge is -2.21. The molecule has 34 heavy (non-hydrogen) atoms. The van der Waals surface area contributed by atoms with Gasteiger partial charge in [-0.2, -0.15) is 0 Å². The van der Waals surface area contributed by atoms with Crippen LogP contribution in [0.2, 0.25) is 0 Å². The summed E-state index contributed by atoms with van der Waals surface area (Å²) in [6.07, 6.45) is 10.4. The van der Waals surface area contributed by atoms with Gasteiger partial charge >= 0.3 is 18.0 Å². The highest BCUT2D eigenvalue weighted by Gasteiger charge is 2.13. The molecule has 1 aromatic heterocycles. The second-order valence-corrected chi connectivity index (χ2v) is 8.15. The standard InChI is InChI=1S/C24H42N4O6/c1-4-9-21(5-2)34-24(31)26-12-6-7-19-33-23(30)11-17-27(16-10-22(29)32-3)14-8-15-28-18-13-25-20-28/h13,18,20-21H,4-12,14-17,19H2,1-3H3,(H,26,31). The van der Waals surface area contributed by atoms with Crippen molar-refractivity contribution in [3.63, 3.8) is 0 Å². The van der Waals surface area contributed by atoms with E-state index in [9.17, 15) is 14.4 Å². The number of methoxy groups -OCH3 is 1. The van der Waals surface area contributed by atoms with E-state index < -0.39 is 6.09 Å². The van der Waals surface area contributed by atoms with Crippen LogP contribution in [0.1, 0.15) is 65.2 Å². The van der Waals surface area contributed by atoms with Crippen molar-refractivity contribution in [1.29, 1.82) is 0 Å². The number of unbranched alkanes of at least 4 members (excludes halogenated alkanes) is 1. The monoisotopic (exact) mass is 482 g/mol. The van der Waals surface area contributed by atoms with E-state index in [1.54, 1.807) is 12.5 Å². The highest BCUT2D eigenvalue weighted by molar-refractivity contribution is 5.70. The van der Waals surface area contributed by atoms with Gasteiger partial charge in [-0.15, -0.1) is 0 Å². The van der Waals surface area contributed by atoms with E-state index in [2.05, 4.69) is 22.1 Å². The summed E-state index contributed by atoms with van der Waals surface area (Å²) >= 11 is 0. The van der Waals surface area contributed by atoms with Gasteiger partial charge in [0, 0.05) is 38.6 Å². The largest absolute Gasteiger partial charge is 0.469 e. The van der Waals surface area contributed by atoms with E-state index in [-0.39, 0.29) is 30.9 Å². The minimum atomic E-state index is -0.391. The highest BCUT2D eigenvalue weighted by Crippen LogP contribution is 2.06. The van der Waals surface area contributed by atoms with Gasteiger partial charge in [-0.05, 0) is 38.6 Å². The number of amides is 1. The van der Waals surface area contributed by atoms with E-state index >= 15 is 0 Å². The molecule has 0 saturated carbocycles. The molecule has 0 aliphatic rings. The Morgan fingerprint density at radius 2 is 1.82 bits per heavy atom. The van der Waals surface area contributed by atoms with E-state index in [4.69, 9.17) is 14.2 Å². The van der Waals surface area contributed by atoms with Gasteiger partial charge in [0.2, 0.25) is 0 Å². The van der Waals surface area contributed by atoms with Gasteiger partial charge < -0.3 is 29.0 Å². The Kier molecular flexibility index (Phi) is 16.2. The molecule has 0 spiro atoms. The van der Waals surface area contributed by atoms with Crippen molar-refractivity contribution in [2.75, 3.05) is 39.9 Å². The number of rotatable bonds is 19. The van der Waals surface area contributed by atoms with E-state index in [0.29, 0.717) is 39.1 Å². The molecular formula is C24H42N4O6. The van der Waals surface area contributed by atoms with Crippen molar-refractivity contribution in [2.45, 2.75) is 77.9 Å². The maximum absolute atomic E-state index is 12.1. The Balaban J connectivity index is 2.19. The summed E-state index contributed by atoms with van der Waals surface area (Å²) in [5, 5.41) is 2.74. The number of esters is 2. The van der Waals surface area contributed by atoms with Crippen molar-refractivity contribution in [2.24, 2.45) is 0 Å². The number of aryl methyl sites for hydroxylation is 1. The number of carbonyl (C=O) groups is 3. The molecular weight excluding hydrogens is 440 g/mol. The predicted octanol–water partition coefficient (Wildman–Crippen LogP) is 3.16. The molecule has 0 aromatic carbocycles. The summed E-state index contributed by atoms with van der Waals surface area (Å²) in [4.78, 5) is 41.5. The lowest BCUT2D eigenvalue weighted by molar-refractivity contribution is -0.144. The van der Waals surface area contributed by atoms with E-state index in [1.807, 2.05) is 17.7 Å². The van der Waals surface area contributed by atoms with Crippen LogP contribution in [0.4, 0.5) is 4.79 Å². The van der Waals surface area contributed by atoms with E-state index in [1.165, 1.54) is 7.11 Å². The summed E-state index contributed by atoms with van der Waals surface area (Å²) in [6, 6.07) is 0. The fourth-order valence-corrected chi connectivity index (χ4v) is 3.37. The molecule has 1 unspecified atom stereocenters. The first-order valence-corrected chi connectivity index (χ1v) is 12.3. The van der Waals surface area contributed by atoms with Gasteiger partial charge in [0.1, 0.15) is 6.10 Å². The summed E-state index contributed by atoms with van der Waals surface area (Å²) in [5.74, 6) is -0.536. The van der Waals surface area contributed by atoms with Gasteiger partial charge in [0.05, 0.1) is 32.9 Å². The Labute approximate surface area is 203 Å². The molecule has 194 valence electrons. The van der Waals surface area contributed by atoms with E-state index in [0.717, 1.165) is 38.8 Å². The summed E-state index contributed by atoms with van der Waals surface area (Å²) < 4.78 is 17.4. The van der Waals surface area contributed by atoms with Crippen molar-refractivity contribution < 1.29 is 28.6 Å². The number of hydrogen-bond acceptors (Lipinski definition) is 8. The number of hydrogen-bond donors (Lipinski definition) is 1. The fourth-order valence-electron chi connectivity index (χ4n) is 3.37. The summed E-state index contributed by atoms with van der Waals surface area (Å²) in [5.41, 5.74) is 0. The maximum Gasteiger partial charge on any atom is 0.407 e. The number of aromatic nitrogens is 2. The summed E-state index contributed by atoms with van der Waals surface area (Å²) in [6.45, 7) is 7.48. The Morgan fingerprint density at radius 1 is 1.06 bits per heavy atom. The predicted molar refractivity (Wildman–Crippen MR) is 128 cm³/mol. The number of nitrogens with zero attached hydrogens (tertiary/aromatic N) is 3. The number of nitrogens with one attached hydrogen (secondary N) is 1. The number of alkyl carbamates (subject to hydrolysis) is 1. The first-order chi connectivity index (χ1) is 16.5. The van der Waals surface area contributed by atoms with Crippen LogP contribution >= 0.6 is 0 Å². The molecule has 0 radical (unpaired) electrons. The van der Waals surface area contributed by atoms with Crippen LogP contribution in [0.25, 0.3) is 0 Å². The van der Waals surface area contributed by atoms with Crippen molar-refractivity contribution >= 4 is 18.0 Å². The average Bonchev–Trinajstić information content (AvgIpc) is 3.35. The number of carbonyl (C=O) groups excluding carboxylic acids is 3. The topological polar surface area (TPSA) is 112 Å². The zero-order chi connectivity index (χ0) is 25.0. The molecule has 1 heterocycles.